The third-order valence-electron chi connectivity index (χ3n) is 6.94. The number of nitrogens with one attached hydrogen (secondary N) is 1. The van der Waals surface area contributed by atoms with Crippen molar-refractivity contribution in [2.24, 2.45) is 0 Å². The van der Waals surface area contributed by atoms with E-state index < -0.39 is 0 Å². The average molecular weight is 288 g/mol. The van der Waals surface area contributed by atoms with Gasteiger partial charge >= 0.3 is 0 Å². The molecule has 3 heterocycles. The molecule has 21 heavy (non-hydrogen) atoms. The molecule has 3 nitrogen and oxygen atoms in total. The smallest absolute Gasteiger partial charge is 0.107 e. The summed E-state index contributed by atoms with van der Waals surface area (Å²) in [6.07, 6.45) is 14.7. The first kappa shape index (κ1) is 13.1. The van der Waals surface area contributed by atoms with Crippen molar-refractivity contribution in [1.82, 2.24) is 10.2 Å². The van der Waals surface area contributed by atoms with E-state index in [0.717, 1.165) is 18.7 Å². The van der Waals surface area contributed by atoms with E-state index in [1.54, 1.807) is 5.57 Å². The summed E-state index contributed by atoms with van der Waals surface area (Å²) in [5.74, 6) is 0. The van der Waals surface area contributed by atoms with Crippen LogP contribution in [0.15, 0.2) is 11.6 Å². The number of ether oxygens (including phenoxy) is 1. The van der Waals surface area contributed by atoms with Crippen LogP contribution >= 0.6 is 0 Å². The average Bonchev–Trinajstić information content (AvgIpc) is 3.21. The summed E-state index contributed by atoms with van der Waals surface area (Å²) in [5, 5.41) is 4.05. The Morgan fingerprint density at radius 3 is 2.90 bits per heavy atom. The minimum absolute atomic E-state index is 0.124. The van der Waals surface area contributed by atoms with Crippen molar-refractivity contribution < 1.29 is 4.74 Å². The molecule has 5 rings (SSSR count). The van der Waals surface area contributed by atoms with Gasteiger partial charge in [0.05, 0.1) is 6.61 Å². The summed E-state index contributed by atoms with van der Waals surface area (Å²) < 4.78 is 6.36. The molecule has 5 aliphatic rings. The van der Waals surface area contributed by atoms with E-state index in [2.05, 4.69) is 16.3 Å². The van der Waals surface area contributed by atoms with Gasteiger partial charge in [0.2, 0.25) is 0 Å². The number of hydrogen-bond donors (Lipinski definition) is 1. The SMILES string of the molecule is C1=C2CC(NC3CCCC3)C3CC2(OC1)C1CCCCN31. The van der Waals surface area contributed by atoms with Gasteiger partial charge in [-0.15, -0.1) is 0 Å². The van der Waals surface area contributed by atoms with Crippen LogP contribution in [-0.4, -0.2) is 47.8 Å². The van der Waals surface area contributed by atoms with Gasteiger partial charge in [-0.1, -0.05) is 25.3 Å². The zero-order valence-corrected chi connectivity index (χ0v) is 13.0. The highest BCUT2D eigenvalue weighted by Crippen LogP contribution is 2.53. The van der Waals surface area contributed by atoms with Gasteiger partial charge in [-0.25, -0.2) is 0 Å². The molecule has 2 saturated heterocycles. The fourth-order valence-corrected chi connectivity index (χ4v) is 6.04. The lowest BCUT2D eigenvalue weighted by Crippen LogP contribution is -2.52. The van der Waals surface area contributed by atoms with Crippen molar-refractivity contribution in [3.8, 4) is 0 Å². The van der Waals surface area contributed by atoms with Crippen LogP contribution in [0.1, 0.15) is 57.8 Å². The summed E-state index contributed by atoms with van der Waals surface area (Å²) in [6, 6.07) is 2.87. The Morgan fingerprint density at radius 1 is 1.14 bits per heavy atom. The predicted molar refractivity (Wildman–Crippen MR) is 83.3 cm³/mol. The van der Waals surface area contributed by atoms with E-state index in [0.29, 0.717) is 12.1 Å². The lowest BCUT2D eigenvalue weighted by Gasteiger charge is -2.38. The maximum absolute atomic E-state index is 6.36. The molecule has 0 aromatic rings. The Kier molecular flexibility index (Phi) is 3.00. The van der Waals surface area contributed by atoms with E-state index in [1.165, 1.54) is 64.3 Å². The summed E-state index contributed by atoms with van der Waals surface area (Å²) in [5.41, 5.74) is 1.77. The van der Waals surface area contributed by atoms with Crippen LogP contribution in [0.5, 0.6) is 0 Å². The zero-order chi connectivity index (χ0) is 13.9. The Balaban J connectivity index is 1.44. The molecule has 2 bridgehead atoms. The summed E-state index contributed by atoms with van der Waals surface area (Å²) in [7, 11) is 0. The van der Waals surface area contributed by atoms with Crippen LogP contribution in [0.2, 0.25) is 0 Å². The van der Waals surface area contributed by atoms with Gasteiger partial charge in [-0.2, -0.15) is 0 Å². The van der Waals surface area contributed by atoms with Crippen molar-refractivity contribution in [2.45, 2.75) is 87.6 Å². The normalized spacial score (nSPS) is 46.5. The van der Waals surface area contributed by atoms with E-state index in [1.807, 2.05) is 0 Å². The molecule has 2 saturated carbocycles. The molecule has 0 radical (unpaired) electrons. The summed E-state index contributed by atoms with van der Waals surface area (Å²) in [6.45, 7) is 2.17. The molecule has 2 aliphatic carbocycles. The van der Waals surface area contributed by atoms with Crippen LogP contribution < -0.4 is 5.32 Å². The van der Waals surface area contributed by atoms with Crippen LogP contribution in [0.4, 0.5) is 0 Å². The second-order valence-corrected chi connectivity index (χ2v) is 7.91. The molecule has 4 unspecified atom stereocenters. The second kappa shape index (κ2) is 4.81. The molecule has 0 aromatic carbocycles. The molecule has 1 spiro atoms. The Bertz CT molecular complexity index is 456. The highest BCUT2D eigenvalue weighted by atomic mass is 16.5. The fourth-order valence-electron chi connectivity index (χ4n) is 6.04. The van der Waals surface area contributed by atoms with Crippen LogP contribution in [0, 0.1) is 0 Å². The zero-order valence-electron chi connectivity index (χ0n) is 13.0. The molecule has 116 valence electrons. The summed E-state index contributed by atoms with van der Waals surface area (Å²) >= 11 is 0. The lowest BCUT2D eigenvalue weighted by molar-refractivity contribution is -0.0205. The quantitative estimate of drug-likeness (QED) is 0.791. The van der Waals surface area contributed by atoms with Gasteiger partial charge < -0.3 is 10.1 Å². The highest BCUT2D eigenvalue weighted by molar-refractivity contribution is 5.35. The van der Waals surface area contributed by atoms with Crippen molar-refractivity contribution in [1.29, 1.82) is 0 Å². The van der Waals surface area contributed by atoms with Gasteiger partial charge in [-0.3, -0.25) is 4.90 Å². The van der Waals surface area contributed by atoms with E-state index in [4.69, 9.17) is 4.74 Å². The van der Waals surface area contributed by atoms with Crippen molar-refractivity contribution >= 4 is 0 Å². The second-order valence-electron chi connectivity index (χ2n) is 7.91. The van der Waals surface area contributed by atoms with Gasteiger partial charge in [0.15, 0.2) is 0 Å². The van der Waals surface area contributed by atoms with Gasteiger partial charge in [-0.05, 0) is 50.6 Å². The molecule has 3 aliphatic heterocycles. The first-order valence-electron chi connectivity index (χ1n) is 9.22. The van der Waals surface area contributed by atoms with Crippen molar-refractivity contribution in [2.75, 3.05) is 13.2 Å². The Hall–Kier alpha value is -0.380. The largest absolute Gasteiger partial charge is 0.365 e. The number of fused-ring (bicyclic) bond motifs is 3. The van der Waals surface area contributed by atoms with Gasteiger partial charge in [0, 0.05) is 24.2 Å². The third-order valence-corrected chi connectivity index (χ3v) is 6.94. The maximum Gasteiger partial charge on any atom is 0.107 e. The molecular formula is C18H28N2O. The number of hydrogen-bond acceptors (Lipinski definition) is 3. The van der Waals surface area contributed by atoms with Crippen LogP contribution in [0.3, 0.4) is 0 Å². The monoisotopic (exact) mass is 288 g/mol. The number of rotatable bonds is 2. The molecule has 1 N–H and O–H groups in total. The first-order chi connectivity index (χ1) is 10.4. The molecular weight excluding hydrogens is 260 g/mol. The van der Waals surface area contributed by atoms with Crippen LogP contribution in [-0.2, 0) is 4.74 Å². The number of nitrogens with zero attached hydrogens (tertiary/aromatic N) is 1. The van der Waals surface area contributed by atoms with Crippen LogP contribution in [0.25, 0.3) is 0 Å². The predicted octanol–water partition coefficient (Wildman–Crippen LogP) is 2.61. The maximum atomic E-state index is 6.36. The first-order valence-corrected chi connectivity index (χ1v) is 9.22. The topological polar surface area (TPSA) is 24.5 Å². The molecule has 0 amide bonds. The molecule has 0 aromatic heterocycles. The minimum atomic E-state index is 0.124. The lowest BCUT2D eigenvalue weighted by atomic mass is 9.75. The van der Waals surface area contributed by atoms with Gasteiger partial charge in [0.1, 0.15) is 5.60 Å². The molecule has 4 fully saturated rings. The minimum Gasteiger partial charge on any atom is -0.365 e. The fraction of sp³-hybridized carbons (Fsp3) is 0.889. The summed E-state index contributed by atoms with van der Waals surface area (Å²) in [4.78, 5) is 2.84. The number of piperidine rings is 1. The van der Waals surface area contributed by atoms with E-state index in [9.17, 15) is 0 Å². The van der Waals surface area contributed by atoms with Crippen molar-refractivity contribution in [3.05, 3.63) is 11.6 Å². The van der Waals surface area contributed by atoms with E-state index >= 15 is 0 Å². The van der Waals surface area contributed by atoms with Gasteiger partial charge in [0.25, 0.3) is 0 Å². The molecule has 3 heteroatoms. The van der Waals surface area contributed by atoms with E-state index in [-0.39, 0.29) is 5.60 Å². The standard InChI is InChI=1S/C18H28N2O/c1-2-6-14(5-1)19-15-11-13-8-10-21-18(13)12-16(15)20-9-4-3-7-17(18)20/h8,14-17,19H,1-7,9-12H2. The highest BCUT2D eigenvalue weighted by Gasteiger charge is 2.61. The Labute approximate surface area is 128 Å². The van der Waals surface area contributed by atoms with Crippen molar-refractivity contribution in [3.63, 3.8) is 0 Å². The Morgan fingerprint density at radius 2 is 2.00 bits per heavy atom. The third kappa shape index (κ3) is 1.83. The molecule has 4 atom stereocenters.